The predicted molar refractivity (Wildman–Crippen MR) is 52.6 cm³/mol. The molecule has 2 heteroatoms. The number of ketones is 1. The molecule has 0 saturated heterocycles. The monoisotopic (exact) mass is 181 g/mol. The second-order valence-corrected chi connectivity index (χ2v) is 4.73. The molecule has 0 aromatic rings. The molecule has 13 heavy (non-hydrogen) atoms. The van der Waals surface area contributed by atoms with E-state index < -0.39 is 0 Å². The van der Waals surface area contributed by atoms with Gasteiger partial charge in [0.25, 0.3) is 0 Å². The Morgan fingerprint density at radius 1 is 1.31 bits per heavy atom. The average Bonchev–Trinajstić information content (AvgIpc) is 2.78. The first-order valence-electron chi connectivity index (χ1n) is 5.47. The Morgan fingerprint density at radius 3 is 2.46 bits per heavy atom. The molecule has 0 heterocycles. The molecule has 2 fully saturated rings. The fourth-order valence-corrected chi connectivity index (χ4v) is 1.98. The van der Waals surface area contributed by atoms with E-state index in [9.17, 15) is 4.79 Å². The van der Waals surface area contributed by atoms with E-state index in [0.717, 1.165) is 25.3 Å². The molecule has 0 bridgehead atoms. The highest BCUT2D eigenvalue weighted by Crippen LogP contribution is 2.30. The molecule has 2 saturated carbocycles. The minimum atomic E-state index is 0.434. The van der Waals surface area contributed by atoms with Gasteiger partial charge in [-0.2, -0.15) is 0 Å². The van der Waals surface area contributed by atoms with Crippen LogP contribution < -0.4 is 0 Å². The van der Waals surface area contributed by atoms with E-state index in [0.29, 0.717) is 18.2 Å². The van der Waals surface area contributed by atoms with Crippen LogP contribution in [0.1, 0.15) is 32.1 Å². The zero-order chi connectivity index (χ0) is 9.26. The Labute approximate surface area is 80.3 Å². The first kappa shape index (κ1) is 9.20. The van der Waals surface area contributed by atoms with Gasteiger partial charge in [-0.25, -0.2) is 0 Å². The third-order valence-electron chi connectivity index (χ3n) is 3.25. The molecule has 0 aromatic heterocycles. The van der Waals surface area contributed by atoms with Crippen LogP contribution in [-0.4, -0.2) is 30.8 Å². The smallest absolute Gasteiger partial charge is 0.149 e. The first-order valence-corrected chi connectivity index (χ1v) is 5.47. The number of Topliss-reactive ketones (excluding diaryl/α,β-unsaturated/α-hetero) is 1. The molecular formula is C11H19NO. The number of rotatable bonds is 5. The maximum atomic E-state index is 11.5. The van der Waals surface area contributed by atoms with Crippen molar-refractivity contribution in [3.8, 4) is 0 Å². The molecule has 0 N–H and O–H groups in total. The number of hydrogen-bond donors (Lipinski definition) is 0. The minimum absolute atomic E-state index is 0.434. The van der Waals surface area contributed by atoms with Crippen molar-refractivity contribution in [3.63, 3.8) is 0 Å². The van der Waals surface area contributed by atoms with Gasteiger partial charge in [-0.05, 0) is 38.6 Å². The van der Waals surface area contributed by atoms with Crippen LogP contribution in [-0.2, 0) is 4.79 Å². The van der Waals surface area contributed by atoms with Gasteiger partial charge in [-0.1, -0.05) is 6.42 Å². The van der Waals surface area contributed by atoms with Crippen molar-refractivity contribution < 1.29 is 4.79 Å². The van der Waals surface area contributed by atoms with Crippen LogP contribution in [0.25, 0.3) is 0 Å². The van der Waals surface area contributed by atoms with Crippen LogP contribution in [0, 0.1) is 11.8 Å². The Kier molecular flexibility index (Phi) is 2.68. The molecule has 0 amide bonds. The lowest BCUT2D eigenvalue weighted by atomic mass is 9.85. The largest absolute Gasteiger partial charge is 0.299 e. The second-order valence-electron chi connectivity index (χ2n) is 4.73. The maximum absolute atomic E-state index is 11.5. The third kappa shape index (κ3) is 2.53. The van der Waals surface area contributed by atoms with Gasteiger partial charge in [-0.3, -0.25) is 9.69 Å². The van der Waals surface area contributed by atoms with Gasteiger partial charge >= 0.3 is 0 Å². The van der Waals surface area contributed by atoms with Crippen molar-refractivity contribution in [1.82, 2.24) is 4.90 Å². The second kappa shape index (κ2) is 3.79. The van der Waals surface area contributed by atoms with E-state index in [1.807, 2.05) is 0 Å². The fourth-order valence-electron chi connectivity index (χ4n) is 1.98. The molecule has 0 atom stereocenters. The highest BCUT2D eigenvalue weighted by Gasteiger charge is 2.30. The van der Waals surface area contributed by atoms with Crippen LogP contribution in [0.15, 0.2) is 0 Å². The fraction of sp³-hybridized carbons (Fsp3) is 0.909. The summed E-state index contributed by atoms with van der Waals surface area (Å²) in [6.45, 7) is 1.83. The Bertz CT molecular complexity index is 194. The highest BCUT2D eigenvalue weighted by molar-refractivity contribution is 5.84. The SMILES string of the molecule is CN(CC(=O)C1CC1)CC1CCC1. The minimum Gasteiger partial charge on any atom is -0.299 e. The third-order valence-corrected chi connectivity index (χ3v) is 3.25. The van der Waals surface area contributed by atoms with E-state index in [4.69, 9.17) is 0 Å². The summed E-state index contributed by atoms with van der Waals surface area (Å²) in [6.07, 6.45) is 6.45. The number of carbonyl (C=O) groups is 1. The molecule has 0 spiro atoms. The summed E-state index contributed by atoms with van der Waals surface area (Å²) in [5, 5.41) is 0. The molecule has 2 rings (SSSR count). The summed E-state index contributed by atoms with van der Waals surface area (Å²) in [5.41, 5.74) is 0. The Morgan fingerprint density at radius 2 is 2.00 bits per heavy atom. The Balaban J connectivity index is 1.64. The van der Waals surface area contributed by atoms with Crippen molar-refractivity contribution >= 4 is 5.78 Å². The van der Waals surface area contributed by atoms with E-state index >= 15 is 0 Å². The van der Waals surface area contributed by atoms with E-state index in [2.05, 4.69) is 11.9 Å². The normalized spacial score (nSPS) is 23.2. The molecule has 0 radical (unpaired) electrons. The van der Waals surface area contributed by atoms with Crippen molar-refractivity contribution in [1.29, 1.82) is 0 Å². The summed E-state index contributed by atoms with van der Waals surface area (Å²) in [4.78, 5) is 13.7. The quantitative estimate of drug-likeness (QED) is 0.643. The lowest BCUT2D eigenvalue weighted by molar-refractivity contribution is -0.121. The predicted octanol–water partition coefficient (Wildman–Crippen LogP) is 1.70. The molecule has 2 nitrogen and oxygen atoms in total. The van der Waals surface area contributed by atoms with Crippen LogP contribution in [0.2, 0.25) is 0 Å². The molecule has 0 aliphatic heterocycles. The van der Waals surface area contributed by atoms with Crippen molar-refractivity contribution in [2.24, 2.45) is 11.8 Å². The van der Waals surface area contributed by atoms with Crippen LogP contribution in [0.4, 0.5) is 0 Å². The van der Waals surface area contributed by atoms with Crippen LogP contribution in [0.5, 0.6) is 0 Å². The van der Waals surface area contributed by atoms with Crippen molar-refractivity contribution in [2.45, 2.75) is 32.1 Å². The average molecular weight is 181 g/mol. The molecule has 74 valence electrons. The zero-order valence-corrected chi connectivity index (χ0v) is 8.46. The zero-order valence-electron chi connectivity index (χ0n) is 8.46. The summed E-state index contributed by atoms with van der Waals surface area (Å²) >= 11 is 0. The van der Waals surface area contributed by atoms with Crippen LogP contribution in [0.3, 0.4) is 0 Å². The first-order chi connectivity index (χ1) is 6.25. The molecule has 2 aliphatic rings. The summed E-state index contributed by atoms with van der Waals surface area (Å²) in [5.74, 6) is 1.79. The number of nitrogens with zero attached hydrogens (tertiary/aromatic N) is 1. The summed E-state index contributed by atoms with van der Waals surface area (Å²) in [7, 11) is 2.08. The molecule has 2 aliphatic carbocycles. The van der Waals surface area contributed by atoms with Gasteiger partial charge in [0.2, 0.25) is 0 Å². The van der Waals surface area contributed by atoms with E-state index in [-0.39, 0.29) is 0 Å². The van der Waals surface area contributed by atoms with Gasteiger partial charge in [0.1, 0.15) is 5.78 Å². The highest BCUT2D eigenvalue weighted by atomic mass is 16.1. The van der Waals surface area contributed by atoms with Crippen molar-refractivity contribution in [3.05, 3.63) is 0 Å². The lowest BCUT2D eigenvalue weighted by Gasteiger charge is -2.29. The number of likely N-dealkylation sites (N-methyl/N-ethyl adjacent to an activating group) is 1. The number of hydrogen-bond acceptors (Lipinski definition) is 2. The standard InChI is InChI=1S/C11H19NO/c1-12(7-9-3-2-4-9)8-11(13)10-5-6-10/h9-10H,2-8H2,1H3. The Hall–Kier alpha value is -0.370. The molecule has 0 unspecified atom stereocenters. The van der Waals surface area contributed by atoms with Gasteiger partial charge in [0.15, 0.2) is 0 Å². The maximum Gasteiger partial charge on any atom is 0.149 e. The van der Waals surface area contributed by atoms with E-state index in [1.165, 1.54) is 19.3 Å². The van der Waals surface area contributed by atoms with Gasteiger partial charge in [0.05, 0.1) is 6.54 Å². The topological polar surface area (TPSA) is 20.3 Å². The molecular weight excluding hydrogens is 162 g/mol. The van der Waals surface area contributed by atoms with Gasteiger partial charge in [0, 0.05) is 12.5 Å². The van der Waals surface area contributed by atoms with Crippen LogP contribution >= 0.6 is 0 Å². The lowest BCUT2D eigenvalue weighted by Crippen LogP contribution is -2.33. The molecule has 0 aromatic carbocycles. The van der Waals surface area contributed by atoms with Crippen molar-refractivity contribution in [2.75, 3.05) is 20.1 Å². The van der Waals surface area contributed by atoms with E-state index in [1.54, 1.807) is 0 Å². The summed E-state index contributed by atoms with van der Waals surface area (Å²) < 4.78 is 0. The van der Waals surface area contributed by atoms with Gasteiger partial charge in [-0.15, -0.1) is 0 Å². The van der Waals surface area contributed by atoms with Gasteiger partial charge < -0.3 is 0 Å². The summed E-state index contributed by atoms with van der Waals surface area (Å²) in [6, 6.07) is 0. The number of carbonyl (C=O) groups excluding carboxylic acids is 1.